The maximum Gasteiger partial charge on any atom is 0.239 e. The number of carbonyl (C=O) groups is 1. The van der Waals surface area contributed by atoms with Crippen LogP contribution >= 0.6 is 0 Å². The molecule has 2 aliphatic heterocycles. The minimum Gasteiger partial charge on any atom is -0.375 e. The van der Waals surface area contributed by atoms with E-state index in [2.05, 4.69) is 5.32 Å². The van der Waals surface area contributed by atoms with Crippen molar-refractivity contribution < 1.29 is 9.53 Å². The zero-order chi connectivity index (χ0) is 13.1. The van der Waals surface area contributed by atoms with Crippen LogP contribution in [0.3, 0.4) is 0 Å². The van der Waals surface area contributed by atoms with Gasteiger partial charge in [-0.15, -0.1) is 0 Å². The molecule has 2 saturated heterocycles. The summed E-state index contributed by atoms with van der Waals surface area (Å²) in [5, 5.41) is 3.30. The van der Waals surface area contributed by atoms with Crippen LogP contribution in [0.1, 0.15) is 51.4 Å². The Balaban J connectivity index is 1.42. The fraction of sp³-hybridized carbons (Fsp3) is 0.933. The van der Waals surface area contributed by atoms with Crippen LogP contribution in [0.5, 0.6) is 0 Å². The lowest BCUT2D eigenvalue weighted by Crippen LogP contribution is -2.48. The summed E-state index contributed by atoms with van der Waals surface area (Å²) in [6.45, 7) is 2.76. The van der Waals surface area contributed by atoms with Crippen LogP contribution in [-0.2, 0) is 9.53 Å². The Morgan fingerprint density at radius 2 is 1.63 bits per heavy atom. The number of piperidine rings is 1. The fourth-order valence-corrected chi connectivity index (χ4v) is 3.62. The normalized spacial score (nSPS) is 30.1. The fourth-order valence-electron chi connectivity index (χ4n) is 3.62. The average molecular weight is 266 g/mol. The first-order valence-corrected chi connectivity index (χ1v) is 8.00. The summed E-state index contributed by atoms with van der Waals surface area (Å²) in [5.74, 6) is 0.316. The van der Waals surface area contributed by atoms with Crippen molar-refractivity contribution >= 4 is 5.91 Å². The largest absolute Gasteiger partial charge is 0.375 e. The van der Waals surface area contributed by atoms with Gasteiger partial charge in [0.2, 0.25) is 5.91 Å². The van der Waals surface area contributed by atoms with Crippen LogP contribution in [-0.4, -0.2) is 48.7 Å². The second-order valence-electron chi connectivity index (χ2n) is 6.22. The molecule has 2 heterocycles. The van der Waals surface area contributed by atoms with Crippen molar-refractivity contribution in [3.8, 4) is 0 Å². The van der Waals surface area contributed by atoms with Gasteiger partial charge in [0, 0.05) is 13.1 Å². The van der Waals surface area contributed by atoms with Gasteiger partial charge in [0.25, 0.3) is 0 Å². The molecule has 19 heavy (non-hydrogen) atoms. The highest BCUT2D eigenvalue weighted by Crippen LogP contribution is 2.25. The first kappa shape index (κ1) is 13.4. The molecular weight excluding hydrogens is 240 g/mol. The van der Waals surface area contributed by atoms with E-state index in [-0.39, 0.29) is 6.04 Å². The lowest BCUT2D eigenvalue weighted by atomic mass is 10.1. The summed E-state index contributed by atoms with van der Waals surface area (Å²) in [6, 6.07) is 0.0901. The quantitative estimate of drug-likeness (QED) is 0.845. The Kier molecular flexibility index (Phi) is 4.38. The highest BCUT2D eigenvalue weighted by molar-refractivity contribution is 5.82. The van der Waals surface area contributed by atoms with Crippen molar-refractivity contribution in [1.82, 2.24) is 10.2 Å². The lowest BCUT2D eigenvalue weighted by Gasteiger charge is -2.34. The van der Waals surface area contributed by atoms with Crippen molar-refractivity contribution in [2.24, 2.45) is 0 Å². The number of likely N-dealkylation sites (tertiary alicyclic amines) is 1. The Bertz CT molecular complexity index is 301. The van der Waals surface area contributed by atoms with Crippen LogP contribution in [0, 0.1) is 0 Å². The second kappa shape index (κ2) is 6.23. The predicted octanol–water partition coefficient (Wildman–Crippen LogP) is 1.69. The van der Waals surface area contributed by atoms with Crippen molar-refractivity contribution in [2.45, 2.75) is 69.6 Å². The van der Waals surface area contributed by atoms with Crippen LogP contribution < -0.4 is 5.32 Å². The minimum atomic E-state index is 0.0901. The molecular formula is C15H26N2O2. The number of nitrogens with zero attached hydrogens (tertiary/aromatic N) is 1. The second-order valence-corrected chi connectivity index (χ2v) is 6.22. The maximum absolute atomic E-state index is 12.3. The molecule has 3 rings (SSSR count). The molecule has 1 unspecified atom stereocenters. The molecule has 1 atom stereocenters. The van der Waals surface area contributed by atoms with Gasteiger partial charge in [-0.3, -0.25) is 4.79 Å². The van der Waals surface area contributed by atoms with Gasteiger partial charge in [0.15, 0.2) is 0 Å². The van der Waals surface area contributed by atoms with Crippen LogP contribution in [0.4, 0.5) is 0 Å². The number of carbonyl (C=O) groups excluding carboxylic acids is 1. The summed E-state index contributed by atoms with van der Waals surface area (Å²) in [6.07, 6.45) is 10.2. The Morgan fingerprint density at radius 3 is 2.26 bits per heavy atom. The molecule has 0 aromatic rings. The van der Waals surface area contributed by atoms with E-state index in [1.165, 1.54) is 25.7 Å². The molecule has 1 aliphatic carbocycles. The number of nitrogens with one attached hydrogen (secondary N) is 1. The molecule has 3 aliphatic rings. The number of ether oxygens (including phenoxy) is 1. The molecule has 0 aromatic carbocycles. The van der Waals surface area contributed by atoms with E-state index >= 15 is 0 Å². The van der Waals surface area contributed by atoms with Gasteiger partial charge in [0.05, 0.1) is 18.2 Å². The Hall–Kier alpha value is -0.610. The van der Waals surface area contributed by atoms with Gasteiger partial charge in [-0.2, -0.15) is 0 Å². The standard InChI is InChI=1S/C15H26N2O2/c18-15(14-6-3-9-16-14)17-10-7-13(8-11-17)19-12-4-1-2-5-12/h12-14,16H,1-11H2. The molecule has 0 spiro atoms. The van der Waals surface area contributed by atoms with Crippen LogP contribution in [0.2, 0.25) is 0 Å². The van der Waals surface area contributed by atoms with Crippen LogP contribution in [0.25, 0.3) is 0 Å². The number of rotatable bonds is 3. The van der Waals surface area contributed by atoms with Gasteiger partial charge >= 0.3 is 0 Å². The summed E-state index contributed by atoms with van der Waals surface area (Å²) in [7, 11) is 0. The average Bonchev–Trinajstić information content (AvgIpc) is 3.12. The number of hydrogen-bond donors (Lipinski definition) is 1. The molecule has 3 fully saturated rings. The maximum atomic E-state index is 12.3. The topological polar surface area (TPSA) is 41.6 Å². The van der Waals surface area contributed by atoms with E-state index in [1.54, 1.807) is 0 Å². The monoisotopic (exact) mass is 266 g/mol. The SMILES string of the molecule is O=C(C1CCCN1)N1CCC(OC2CCCC2)CC1. The van der Waals surface area contributed by atoms with E-state index in [1.807, 2.05) is 4.90 Å². The number of hydrogen-bond acceptors (Lipinski definition) is 3. The summed E-state index contributed by atoms with van der Waals surface area (Å²) in [4.78, 5) is 14.3. The van der Waals surface area contributed by atoms with Gasteiger partial charge in [-0.05, 0) is 45.1 Å². The van der Waals surface area contributed by atoms with Crippen molar-refractivity contribution in [1.29, 1.82) is 0 Å². The first-order chi connectivity index (χ1) is 9.33. The third-order valence-electron chi connectivity index (χ3n) is 4.80. The Labute approximate surface area is 115 Å². The van der Waals surface area contributed by atoms with E-state index in [0.29, 0.717) is 18.1 Å². The highest BCUT2D eigenvalue weighted by Gasteiger charge is 2.31. The van der Waals surface area contributed by atoms with Crippen molar-refractivity contribution in [2.75, 3.05) is 19.6 Å². The predicted molar refractivity (Wildman–Crippen MR) is 74.0 cm³/mol. The molecule has 0 aromatic heterocycles. The molecule has 0 radical (unpaired) electrons. The highest BCUT2D eigenvalue weighted by atomic mass is 16.5. The number of amides is 1. The summed E-state index contributed by atoms with van der Waals surface area (Å²) >= 11 is 0. The summed E-state index contributed by atoms with van der Waals surface area (Å²) < 4.78 is 6.15. The van der Waals surface area contributed by atoms with E-state index in [4.69, 9.17) is 4.74 Å². The molecule has 4 heteroatoms. The minimum absolute atomic E-state index is 0.0901. The van der Waals surface area contributed by atoms with Crippen molar-refractivity contribution in [3.05, 3.63) is 0 Å². The molecule has 1 amide bonds. The van der Waals surface area contributed by atoms with E-state index in [0.717, 1.165) is 45.3 Å². The third-order valence-corrected chi connectivity index (χ3v) is 4.80. The Morgan fingerprint density at radius 1 is 0.947 bits per heavy atom. The van der Waals surface area contributed by atoms with Gasteiger partial charge in [0.1, 0.15) is 0 Å². The van der Waals surface area contributed by atoms with Gasteiger partial charge < -0.3 is 15.0 Å². The molecule has 0 bridgehead atoms. The molecule has 4 nitrogen and oxygen atoms in total. The summed E-state index contributed by atoms with van der Waals surface area (Å²) in [5.41, 5.74) is 0. The van der Waals surface area contributed by atoms with Gasteiger partial charge in [-0.25, -0.2) is 0 Å². The zero-order valence-corrected chi connectivity index (χ0v) is 11.8. The lowest BCUT2D eigenvalue weighted by molar-refractivity contribution is -0.136. The smallest absolute Gasteiger partial charge is 0.239 e. The van der Waals surface area contributed by atoms with Crippen LogP contribution in [0.15, 0.2) is 0 Å². The van der Waals surface area contributed by atoms with E-state index < -0.39 is 0 Å². The van der Waals surface area contributed by atoms with E-state index in [9.17, 15) is 4.79 Å². The molecule has 1 saturated carbocycles. The molecule has 1 N–H and O–H groups in total. The zero-order valence-electron chi connectivity index (χ0n) is 11.8. The van der Waals surface area contributed by atoms with Crippen molar-refractivity contribution in [3.63, 3.8) is 0 Å². The molecule has 108 valence electrons. The first-order valence-electron chi connectivity index (χ1n) is 8.00. The van der Waals surface area contributed by atoms with Gasteiger partial charge in [-0.1, -0.05) is 12.8 Å². The third kappa shape index (κ3) is 3.29.